The van der Waals surface area contributed by atoms with E-state index in [2.05, 4.69) is 10.0 Å². The van der Waals surface area contributed by atoms with Gasteiger partial charge in [-0.25, -0.2) is 0 Å². The van der Waals surface area contributed by atoms with Crippen LogP contribution >= 0.6 is 0 Å². The number of azide groups is 1. The number of benzene rings is 1. The monoisotopic (exact) mass is 143 g/mol. The first-order chi connectivity index (χ1) is 5.36. The molecule has 0 aliphatic heterocycles. The van der Waals surface area contributed by atoms with Gasteiger partial charge in [-0.15, -0.1) is 0 Å². The fourth-order valence-corrected chi connectivity index (χ4v) is 0.750. The first-order valence-corrected chi connectivity index (χ1v) is 3.21. The lowest BCUT2D eigenvalue weighted by atomic mass is 9.97. The van der Waals surface area contributed by atoms with Crippen LogP contribution in [-0.2, 0) is 6.32 Å². The Bertz CT molecular complexity index is 274. The highest BCUT2D eigenvalue weighted by molar-refractivity contribution is 6.08. The van der Waals surface area contributed by atoms with Crippen LogP contribution in [0.4, 0.5) is 5.69 Å². The second kappa shape index (κ2) is 3.69. The molecule has 0 aromatic heterocycles. The number of rotatable bonds is 2. The second-order valence-corrected chi connectivity index (χ2v) is 2.06. The van der Waals surface area contributed by atoms with E-state index in [1.54, 1.807) is 12.1 Å². The minimum absolute atomic E-state index is 0.510. The van der Waals surface area contributed by atoms with Crippen LogP contribution in [0, 0.1) is 0 Å². The maximum absolute atomic E-state index is 8.08. The molecule has 0 aliphatic rings. The predicted octanol–water partition coefficient (Wildman–Crippen LogP) is 2.30. The molecular formula is C7H6BN3. The zero-order valence-electron chi connectivity index (χ0n) is 5.94. The highest BCUT2D eigenvalue weighted by atomic mass is 15.1. The van der Waals surface area contributed by atoms with Gasteiger partial charge in [0.1, 0.15) is 0 Å². The summed E-state index contributed by atoms with van der Waals surface area (Å²) in [5.74, 6) is 0. The molecule has 0 amide bonds. The standard InChI is InChI=1S/C7H6BN3/c8-5-6-1-3-7(4-2-6)10-11-9/h1-4H,5H2. The lowest BCUT2D eigenvalue weighted by Crippen LogP contribution is -1.79. The molecule has 0 aliphatic carbocycles. The van der Waals surface area contributed by atoms with Crippen molar-refractivity contribution in [2.75, 3.05) is 0 Å². The molecule has 0 saturated heterocycles. The van der Waals surface area contributed by atoms with Gasteiger partial charge in [-0.2, -0.15) is 0 Å². The average Bonchev–Trinajstić information content (AvgIpc) is 2.07. The van der Waals surface area contributed by atoms with Crippen molar-refractivity contribution < 1.29 is 0 Å². The minimum atomic E-state index is 0.510. The summed E-state index contributed by atoms with van der Waals surface area (Å²) in [5, 5.41) is 3.42. The maximum atomic E-state index is 8.08. The highest BCUT2D eigenvalue weighted by Crippen LogP contribution is 2.12. The lowest BCUT2D eigenvalue weighted by Gasteiger charge is -1.94. The molecule has 4 heteroatoms. The zero-order valence-corrected chi connectivity index (χ0v) is 5.94. The van der Waals surface area contributed by atoms with Crippen molar-refractivity contribution in [1.29, 1.82) is 0 Å². The molecule has 0 spiro atoms. The SMILES string of the molecule is [B]Cc1ccc(N=[N+]=[N-])cc1. The molecule has 0 atom stereocenters. The van der Waals surface area contributed by atoms with Crippen LogP contribution in [0.1, 0.15) is 5.56 Å². The summed E-state index contributed by atoms with van der Waals surface area (Å²) in [4.78, 5) is 2.66. The molecule has 0 bridgehead atoms. The molecule has 11 heavy (non-hydrogen) atoms. The van der Waals surface area contributed by atoms with Crippen molar-refractivity contribution in [1.82, 2.24) is 0 Å². The summed E-state index contributed by atoms with van der Waals surface area (Å²) < 4.78 is 0. The van der Waals surface area contributed by atoms with Crippen LogP contribution in [0.5, 0.6) is 0 Å². The van der Waals surface area contributed by atoms with Gasteiger partial charge < -0.3 is 0 Å². The molecule has 0 unspecified atom stereocenters. The summed E-state index contributed by atoms with van der Waals surface area (Å²) in [6.45, 7) is 0. The van der Waals surface area contributed by atoms with Crippen molar-refractivity contribution in [3.8, 4) is 0 Å². The highest BCUT2D eigenvalue weighted by Gasteiger charge is 1.87. The maximum Gasteiger partial charge on any atom is 0.0716 e. The van der Waals surface area contributed by atoms with Gasteiger partial charge in [0, 0.05) is 10.6 Å². The molecule has 1 aromatic carbocycles. The largest absolute Gasteiger partial charge is 0.0716 e. The fourth-order valence-electron chi connectivity index (χ4n) is 0.750. The van der Waals surface area contributed by atoms with Gasteiger partial charge >= 0.3 is 0 Å². The first kappa shape index (κ1) is 7.70. The van der Waals surface area contributed by atoms with Gasteiger partial charge in [-0.1, -0.05) is 41.3 Å². The summed E-state index contributed by atoms with van der Waals surface area (Å²) in [6.07, 6.45) is 0.510. The van der Waals surface area contributed by atoms with Crippen molar-refractivity contribution in [3.63, 3.8) is 0 Å². The molecule has 0 saturated carbocycles. The Morgan fingerprint density at radius 3 is 2.45 bits per heavy atom. The third kappa shape index (κ3) is 2.02. The van der Waals surface area contributed by atoms with Crippen molar-refractivity contribution in [2.45, 2.75) is 6.32 Å². The van der Waals surface area contributed by atoms with Crippen LogP contribution in [0.15, 0.2) is 29.4 Å². The Morgan fingerprint density at radius 2 is 2.00 bits per heavy atom. The normalized spacial score (nSPS) is 8.73. The van der Waals surface area contributed by atoms with Gasteiger partial charge in [0.25, 0.3) is 0 Å². The van der Waals surface area contributed by atoms with Crippen LogP contribution in [0.3, 0.4) is 0 Å². The van der Waals surface area contributed by atoms with Crippen LogP contribution in [0.2, 0.25) is 0 Å². The summed E-state index contributed by atoms with van der Waals surface area (Å²) >= 11 is 0. The number of nitrogens with zero attached hydrogens (tertiary/aromatic N) is 3. The fraction of sp³-hybridized carbons (Fsp3) is 0.143. The van der Waals surface area contributed by atoms with E-state index in [0.717, 1.165) is 5.56 Å². The van der Waals surface area contributed by atoms with E-state index in [1.807, 2.05) is 12.1 Å². The molecule has 1 aromatic rings. The molecule has 2 radical (unpaired) electrons. The topological polar surface area (TPSA) is 48.8 Å². The smallest absolute Gasteiger partial charge is 0.0643 e. The minimum Gasteiger partial charge on any atom is -0.0643 e. The Labute approximate surface area is 66.1 Å². The van der Waals surface area contributed by atoms with Crippen molar-refractivity contribution in [2.24, 2.45) is 5.11 Å². The third-order valence-electron chi connectivity index (χ3n) is 1.33. The van der Waals surface area contributed by atoms with E-state index < -0.39 is 0 Å². The molecular weight excluding hydrogens is 137 g/mol. The molecule has 0 fully saturated rings. The molecule has 3 nitrogen and oxygen atoms in total. The summed E-state index contributed by atoms with van der Waals surface area (Å²) in [5.41, 5.74) is 9.72. The van der Waals surface area contributed by atoms with E-state index in [4.69, 9.17) is 13.4 Å². The predicted molar refractivity (Wildman–Crippen MR) is 44.7 cm³/mol. The first-order valence-electron chi connectivity index (χ1n) is 3.21. The number of hydrogen-bond acceptors (Lipinski definition) is 1. The summed E-state index contributed by atoms with van der Waals surface area (Å²) in [6, 6.07) is 7.15. The van der Waals surface area contributed by atoms with Crippen LogP contribution in [-0.4, -0.2) is 7.85 Å². The van der Waals surface area contributed by atoms with Gasteiger partial charge in [0.15, 0.2) is 0 Å². The zero-order chi connectivity index (χ0) is 8.10. The second-order valence-electron chi connectivity index (χ2n) is 2.06. The average molecular weight is 143 g/mol. The summed E-state index contributed by atoms with van der Waals surface area (Å²) in [7, 11) is 5.37. The van der Waals surface area contributed by atoms with Gasteiger partial charge in [0.05, 0.1) is 7.85 Å². The Balaban J connectivity index is 2.91. The molecule has 0 heterocycles. The van der Waals surface area contributed by atoms with Crippen molar-refractivity contribution in [3.05, 3.63) is 40.3 Å². The van der Waals surface area contributed by atoms with Crippen LogP contribution < -0.4 is 0 Å². The number of hydrogen-bond donors (Lipinski definition) is 0. The Hall–Kier alpha value is -1.41. The molecule has 0 N–H and O–H groups in total. The van der Waals surface area contributed by atoms with Crippen molar-refractivity contribution >= 4 is 13.5 Å². The van der Waals surface area contributed by atoms with Gasteiger partial charge in [-0.3, -0.25) is 0 Å². The van der Waals surface area contributed by atoms with E-state index in [9.17, 15) is 0 Å². The third-order valence-corrected chi connectivity index (χ3v) is 1.33. The van der Waals surface area contributed by atoms with Gasteiger partial charge in [0.2, 0.25) is 0 Å². The van der Waals surface area contributed by atoms with Gasteiger partial charge in [-0.05, 0) is 5.53 Å². The Morgan fingerprint density at radius 1 is 1.36 bits per heavy atom. The van der Waals surface area contributed by atoms with E-state index in [1.165, 1.54) is 0 Å². The van der Waals surface area contributed by atoms with E-state index in [-0.39, 0.29) is 0 Å². The van der Waals surface area contributed by atoms with Crippen LogP contribution in [0.25, 0.3) is 10.4 Å². The quantitative estimate of drug-likeness (QED) is 0.264. The lowest BCUT2D eigenvalue weighted by molar-refractivity contribution is 1.37. The molecule has 1 rings (SSSR count). The van der Waals surface area contributed by atoms with E-state index >= 15 is 0 Å². The Kier molecular flexibility index (Phi) is 2.58. The van der Waals surface area contributed by atoms with E-state index in [0.29, 0.717) is 12.0 Å². The molecule has 52 valence electrons.